The highest BCUT2D eigenvalue weighted by molar-refractivity contribution is 6.02. The van der Waals surface area contributed by atoms with Gasteiger partial charge in [-0.05, 0) is 59.9 Å². The van der Waals surface area contributed by atoms with Crippen LogP contribution in [-0.2, 0) is 17.3 Å². The highest BCUT2D eigenvalue weighted by Gasteiger charge is 2.51. The Labute approximate surface area is 179 Å². The van der Waals surface area contributed by atoms with Crippen molar-refractivity contribution >= 4 is 28.4 Å². The van der Waals surface area contributed by atoms with Crippen molar-refractivity contribution in [3.8, 4) is 16.9 Å². The molecule has 2 heterocycles. The van der Waals surface area contributed by atoms with E-state index in [2.05, 4.69) is 15.4 Å². The normalized spacial score (nSPS) is 14.4. The third-order valence-electron chi connectivity index (χ3n) is 6.01. The predicted molar refractivity (Wildman–Crippen MR) is 121 cm³/mol. The maximum atomic E-state index is 13.1. The van der Waals surface area contributed by atoms with Gasteiger partial charge >= 0.3 is 0 Å². The summed E-state index contributed by atoms with van der Waals surface area (Å²) in [5.41, 5.74) is 10.1. The summed E-state index contributed by atoms with van der Waals surface area (Å²) in [5.74, 6) is 1.22. The highest BCUT2D eigenvalue weighted by Crippen LogP contribution is 2.49. The van der Waals surface area contributed by atoms with E-state index < -0.39 is 5.41 Å². The molecule has 7 heteroatoms. The lowest BCUT2D eigenvalue weighted by Crippen LogP contribution is -2.27. The topological polar surface area (TPSA) is 95.1 Å². The van der Waals surface area contributed by atoms with Crippen LogP contribution in [0.4, 0.5) is 11.5 Å². The molecule has 0 atom stereocenters. The molecular formula is C24H23N5O2. The van der Waals surface area contributed by atoms with Gasteiger partial charge in [-0.1, -0.05) is 24.3 Å². The second kappa shape index (κ2) is 7.12. The number of nitrogens with zero attached hydrogens (tertiary/aromatic N) is 3. The molecule has 0 unspecified atom stereocenters. The van der Waals surface area contributed by atoms with E-state index in [0.29, 0.717) is 5.82 Å². The number of ether oxygens (including phenoxy) is 1. The summed E-state index contributed by atoms with van der Waals surface area (Å²) < 4.78 is 7.00. The van der Waals surface area contributed by atoms with Crippen molar-refractivity contribution in [1.82, 2.24) is 14.8 Å². The number of carbonyl (C=O) groups excluding carboxylic acids is 1. The molecule has 1 aliphatic rings. The number of pyridine rings is 1. The first-order chi connectivity index (χ1) is 15.0. The minimum Gasteiger partial charge on any atom is -0.497 e. The van der Waals surface area contributed by atoms with Crippen molar-refractivity contribution in [1.29, 1.82) is 0 Å². The molecule has 1 aliphatic carbocycles. The Morgan fingerprint density at radius 1 is 1.16 bits per heavy atom. The summed E-state index contributed by atoms with van der Waals surface area (Å²) in [4.78, 5) is 17.5. The molecule has 0 saturated heterocycles. The fourth-order valence-electron chi connectivity index (χ4n) is 4.12. The first-order valence-electron chi connectivity index (χ1n) is 10.2. The first kappa shape index (κ1) is 19.1. The van der Waals surface area contributed by atoms with Crippen molar-refractivity contribution in [2.75, 3.05) is 18.2 Å². The van der Waals surface area contributed by atoms with Crippen molar-refractivity contribution in [3.63, 3.8) is 0 Å². The van der Waals surface area contributed by atoms with Gasteiger partial charge in [0, 0.05) is 18.9 Å². The van der Waals surface area contributed by atoms with Crippen LogP contribution in [0.2, 0.25) is 0 Å². The summed E-state index contributed by atoms with van der Waals surface area (Å²) in [6, 6.07) is 17.5. The number of methoxy groups -OCH3 is 1. The average Bonchev–Trinajstić information content (AvgIpc) is 3.56. The number of rotatable bonds is 5. The molecule has 0 radical (unpaired) electrons. The number of fused-ring (bicyclic) bond motifs is 1. The minimum atomic E-state index is -0.478. The molecule has 5 rings (SSSR count). The molecule has 3 N–H and O–H groups in total. The number of carbonyl (C=O) groups is 1. The second-order valence-corrected chi connectivity index (χ2v) is 7.91. The number of nitrogen functional groups attached to an aromatic ring is 1. The van der Waals surface area contributed by atoms with Crippen molar-refractivity contribution < 1.29 is 9.53 Å². The van der Waals surface area contributed by atoms with Gasteiger partial charge < -0.3 is 15.8 Å². The maximum absolute atomic E-state index is 13.1. The van der Waals surface area contributed by atoms with E-state index in [1.807, 2.05) is 61.6 Å². The molecule has 7 nitrogen and oxygen atoms in total. The number of amides is 1. The summed E-state index contributed by atoms with van der Waals surface area (Å²) in [6.07, 6.45) is 3.41. The number of aryl methyl sites for hydroxylation is 1. The van der Waals surface area contributed by atoms with Crippen molar-refractivity contribution in [2.24, 2.45) is 7.05 Å². The molecule has 2 aromatic heterocycles. The van der Waals surface area contributed by atoms with Crippen LogP contribution in [0, 0.1) is 0 Å². The monoisotopic (exact) mass is 413 g/mol. The van der Waals surface area contributed by atoms with Gasteiger partial charge in [0.25, 0.3) is 0 Å². The number of nitrogens with one attached hydrogen (secondary N) is 1. The Morgan fingerprint density at radius 2 is 1.94 bits per heavy atom. The third-order valence-corrected chi connectivity index (χ3v) is 6.01. The molecular weight excluding hydrogens is 390 g/mol. The molecule has 31 heavy (non-hydrogen) atoms. The van der Waals surface area contributed by atoms with E-state index in [1.54, 1.807) is 18.0 Å². The number of anilines is 2. The van der Waals surface area contributed by atoms with E-state index in [9.17, 15) is 4.79 Å². The molecule has 4 aromatic rings. The largest absolute Gasteiger partial charge is 0.497 e. The van der Waals surface area contributed by atoms with Crippen LogP contribution in [0.1, 0.15) is 18.4 Å². The SMILES string of the molecule is COc1cccc(C2(C(=O)Nc3ccc(-c4ccnc5c4c(N)nn5C)cc3)CC2)c1. The van der Waals surface area contributed by atoms with Gasteiger partial charge in [-0.3, -0.25) is 4.79 Å². The molecule has 1 saturated carbocycles. The predicted octanol–water partition coefficient (Wildman–Crippen LogP) is 3.90. The third kappa shape index (κ3) is 3.18. The van der Waals surface area contributed by atoms with Gasteiger partial charge in [-0.25, -0.2) is 9.67 Å². The molecule has 1 amide bonds. The van der Waals surface area contributed by atoms with Gasteiger partial charge in [0.2, 0.25) is 5.91 Å². The second-order valence-electron chi connectivity index (χ2n) is 7.91. The van der Waals surface area contributed by atoms with Crippen LogP contribution in [0.3, 0.4) is 0 Å². The van der Waals surface area contributed by atoms with Gasteiger partial charge in [0.1, 0.15) is 5.75 Å². The zero-order valence-corrected chi connectivity index (χ0v) is 17.4. The molecule has 2 aromatic carbocycles. The smallest absolute Gasteiger partial charge is 0.235 e. The summed E-state index contributed by atoms with van der Waals surface area (Å²) >= 11 is 0. The molecule has 0 aliphatic heterocycles. The lowest BCUT2D eigenvalue weighted by atomic mass is 9.94. The fraction of sp³-hybridized carbons (Fsp3) is 0.208. The van der Waals surface area contributed by atoms with Crippen LogP contribution in [-0.4, -0.2) is 27.8 Å². The van der Waals surface area contributed by atoms with Gasteiger partial charge in [0.15, 0.2) is 11.5 Å². The number of hydrogen-bond acceptors (Lipinski definition) is 5. The number of hydrogen-bond donors (Lipinski definition) is 2. The first-order valence-corrected chi connectivity index (χ1v) is 10.2. The van der Waals surface area contributed by atoms with Crippen molar-refractivity contribution in [2.45, 2.75) is 18.3 Å². The van der Waals surface area contributed by atoms with Gasteiger partial charge in [-0.2, -0.15) is 5.10 Å². The van der Waals surface area contributed by atoms with Crippen molar-refractivity contribution in [3.05, 3.63) is 66.4 Å². The highest BCUT2D eigenvalue weighted by atomic mass is 16.5. The summed E-state index contributed by atoms with van der Waals surface area (Å²) in [7, 11) is 3.46. The van der Waals surface area contributed by atoms with Gasteiger partial charge in [0.05, 0.1) is 17.9 Å². The van der Waals surface area contributed by atoms with E-state index in [-0.39, 0.29) is 5.91 Å². The van der Waals surface area contributed by atoms with Crippen LogP contribution in [0.25, 0.3) is 22.2 Å². The quantitative estimate of drug-likeness (QED) is 0.517. The lowest BCUT2D eigenvalue weighted by Gasteiger charge is -2.17. The maximum Gasteiger partial charge on any atom is 0.235 e. The Bertz CT molecular complexity index is 1290. The van der Waals surface area contributed by atoms with Crippen LogP contribution >= 0.6 is 0 Å². The van der Waals surface area contributed by atoms with Crippen LogP contribution < -0.4 is 15.8 Å². The Morgan fingerprint density at radius 3 is 2.65 bits per heavy atom. The van der Waals surface area contributed by atoms with Crippen LogP contribution in [0.15, 0.2) is 60.8 Å². The standard InChI is InChI=1S/C24H23N5O2/c1-29-22-20(21(25)28-29)19(10-13-26-22)15-6-8-17(9-7-15)27-23(30)24(11-12-24)16-4-3-5-18(14-16)31-2/h3-10,13-14H,11-12H2,1-2H3,(H2,25,28)(H,27,30). The molecule has 0 spiro atoms. The summed E-state index contributed by atoms with van der Waals surface area (Å²) in [5, 5.41) is 8.18. The fourth-order valence-corrected chi connectivity index (χ4v) is 4.12. The van der Waals surface area contributed by atoms with E-state index in [1.165, 1.54) is 0 Å². The Hall–Kier alpha value is -3.87. The van der Waals surface area contributed by atoms with E-state index in [0.717, 1.165) is 52.0 Å². The lowest BCUT2D eigenvalue weighted by molar-refractivity contribution is -0.118. The molecule has 1 fully saturated rings. The van der Waals surface area contributed by atoms with Crippen LogP contribution in [0.5, 0.6) is 5.75 Å². The number of nitrogens with two attached hydrogens (primary N) is 1. The number of aromatic nitrogens is 3. The number of benzene rings is 2. The summed E-state index contributed by atoms with van der Waals surface area (Å²) in [6.45, 7) is 0. The Kier molecular flexibility index (Phi) is 4.39. The molecule has 0 bridgehead atoms. The van der Waals surface area contributed by atoms with Gasteiger partial charge in [-0.15, -0.1) is 0 Å². The zero-order valence-electron chi connectivity index (χ0n) is 17.4. The minimum absolute atomic E-state index is 0.0105. The zero-order chi connectivity index (χ0) is 21.6. The van der Waals surface area contributed by atoms with E-state index in [4.69, 9.17) is 10.5 Å². The van der Waals surface area contributed by atoms with E-state index >= 15 is 0 Å². The Balaban J connectivity index is 1.40. The molecule has 156 valence electrons. The average molecular weight is 413 g/mol.